The molecule has 16 nitrogen and oxygen atoms in total. The SMILES string of the molecule is O=C(O)CCC(=O)OC(OC(=O)CCC(=O)O)C1CCC(C(OC(=O)CCC(=O)O)OC(=O)CCC(=O)O)CC1. The van der Waals surface area contributed by atoms with Gasteiger partial charge in [0.15, 0.2) is 0 Å². The fraction of sp³-hybridized carbons (Fsp3) is 0.667. The lowest BCUT2D eigenvalue weighted by molar-refractivity contribution is -0.211. The lowest BCUT2D eigenvalue weighted by Gasteiger charge is -2.35. The van der Waals surface area contributed by atoms with E-state index in [4.69, 9.17) is 39.4 Å². The van der Waals surface area contributed by atoms with Gasteiger partial charge >= 0.3 is 47.8 Å². The minimum atomic E-state index is -1.46. The van der Waals surface area contributed by atoms with Gasteiger partial charge in [-0.15, -0.1) is 0 Å². The smallest absolute Gasteiger partial charge is 0.309 e. The molecule has 0 amide bonds. The van der Waals surface area contributed by atoms with Crippen molar-refractivity contribution in [1.29, 1.82) is 0 Å². The van der Waals surface area contributed by atoms with Crippen LogP contribution in [-0.2, 0) is 57.3 Å². The number of hydrogen-bond donors (Lipinski definition) is 4. The lowest BCUT2D eigenvalue weighted by atomic mass is 9.81. The maximum absolute atomic E-state index is 12.1. The predicted molar refractivity (Wildman–Crippen MR) is 125 cm³/mol. The van der Waals surface area contributed by atoms with Crippen LogP contribution < -0.4 is 0 Å². The molecule has 0 aromatic rings. The van der Waals surface area contributed by atoms with Crippen LogP contribution >= 0.6 is 0 Å². The molecule has 0 aliphatic heterocycles. The van der Waals surface area contributed by atoms with E-state index in [0.29, 0.717) is 0 Å². The third-order valence-corrected chi connectivity index (χ3v) is 5.75. The molecule has 1 rings (SSSR count). The van der Waals surface area contributed by atoms with Crippen molar-refractivity contribution >= 4 is 47.8 Å². The zero-order chi connectivity index (χ0) is 30.2. The van der Waals surface area contributed by atoms with Crippen LogP contribution in [0.25, 0.3) is 0 Å². The van der Waals surface area contributed by atoms with E-state index in [1.54, 1.807) is 0 Å². The molecular formula is C24H32O16. The number of rotatable bonds is 18. The second-order valence-corrected chi connectivity index (χ2v) is 8.95. The van der Waals surface area contributed by atoms with E-state index in [-0.39, 0.29) is 25.7 Å². The molecule has 0 spiro atoms. The Kier molecular flexibility index (Phi) is 14.7. The molecule has 1 aliphatic rings. The highest BCUT2D eigenvalue weighted by atomic mass is 16.7. The van der Waals surface area contributed by atoms with Crippen LogP contribution in [0.5, 0.6) is 0 Å². The number of carbonyl (C=O) groups excluding carboxylic acids is 4. The molecule has 0 aromatic heterocycles. The molecule has 0 unspecified atom stereocenters. The summed E-state index contributed by atoms with van der Waals surface area (Å²) in [4.78, 5) is 91.4. The van der Waals surface area contributed by atoms with E-state index in [2.05, 4.69) is 0 Å². The number of aliphatic carboxylic acids is 4. The first-order valence-corrected chi connectivity index (χ1v) is 12.4. The third kappa shape index (κ3) is 14.6. The molecule has 4 N–H and O–H groups in total. The first kappa shape index (κ1) is 33.8. The highest BCUT2D eigenvalue weighted by molar-refractivity contribution is 5.79. The van der Waals surface area contributed by atoms with Gasteiger partial charge in [0, 0.05) is 11.8 Å². The van der Waals surface area contributed by atoms with Crippen LogP contribution in [0.15, 0.2) is 0 Å². The molecule has 224 valence electrons. The Balaban J connectivity index is 2.92. The molecule has 1 aliphatic carbocycles. The summed E-state index contributed by atoms with van der Waals surface area (Å²) in [5.74, 6) is -10.1. The van der Waals surface area contributed by atoms with Crippen molar-refractivity contribution in [3.8, 4) is 0 Å². The van der Waals surface area contributed by atoms with Crippen molar-refractivity contribution in [2.75, 3.05) is 0 Å². The van der Waals surface area contributed by atoms with Gasteiger partial charge < -0.3 is 39.4 Å². The van der Waals surface area contributed by atoms with Gasteiger partial charge in [-0.2, -0.15) is 0 Å². The van der Waals surface area contributed by atoms with Gasteiger partial charge in [0.25, 0.3) is 0 Å². The first-order chi connectivity index (χ1) is 18.8. The number of ether oxygens (including phenoxy) is 4. The van der Waals surface area contributed by atoms with Gasteiger partial charge in [-0.05, 0) is 25.7 Å². The monoisotopic (exact) mass is 576 g/mol. The Labute approximate surface area is 227 Å². The molecule has 0 radical (unpaired) electrons. The van der Waals surface area contributed by atoms with E-state index < -0.39 is 124 Å². The highest BCUT2D eigenvalue weighted by Gasteiger charge is 2.38. The highest BCUT2D eigenvalue weighted by Crippen LogP contribution is 2.36. The van der Waals surface area contributed by atoms with E-state index in [9.17, 15) is 38.4 Å². The average molecular weight is 577 g/mol. The second kappa shape index (κ2) is 17.4. The average Bonchev–Trinajstić information content (AvgIpc) is 2.87. The van der Waals surface area contributed by atoms with Crippen molar-refractivity contribution < 1.29 is 77.7 Å². The summed E-state index contributed by atoms with van der Waals surface area (Å²) >= 11 is 0. The van der Waals surface area contributed by atoms with Gasteiger partial charge in [-0.25, -0.2) is 0 Å². The van der Waals surface area contributed by atoms with Gasteiger partial charge in [0.2, 0.25) is 12.6 Å². The summed E-state index contributed by atoms with van der Waals surface area (Å²) in [6, 6.07) is 0. The van der Waals surface area contributed by atoms with Crippen LogP contribution in [0, 0.1) is 11.8 Å². The topological polar surface area (TPSA) is 254 Å². The summed E-state index contributed by atoms with van der Waals surface area (Å²) in [6.45, 7) is 0. The quantitative estimate of drug-likeness (QED) is 0.131. The van der Waals surface area contributed by atoms with Crippen molar-refractivity contribution in [2.45, 2.75) is 89.6 Å². The van der Waals surface area contributed by atoms with Crippen LogP contribution in [-0.4, -0.2) is 80.8 Å². The molecule has 0 bridgehead atoms. The second-order valence-electron chi connectivity index (χ2n) is 8.95. The Morgan fingerprint density at radius 2 is 0.625 bits per heavy atom. The third-order valence-electron chi connectivity index (χ3n) is 5.75. The fourth-order valence-electron chi connectivity index (χ4n) is 3.71. The number of carbonyl (C=O) groups is 8. The summed E-state index contributed by atoms with van der Waals surface area (Å²) < 4.78 is 20.7. The number of esters is 4. The standard InChI is InChI=1S/C24H32O16/c25-15(26)5-9-19(33)37-23(38-20(34)10-6-16(27)28)13-1-2-14(4-3-13)24(39-21(35)11-7-17(29)30)40-22(36)12-8-18(31)32/h13-14,23-24H,1-12H2,(H,25,26)(H,27,28)(H,29,30)(H,31,32). The maximum Gasteiger partial charge on any atom is 0.309 e. The summed E-state index contributed by atoms with van der Waals surface area (Å²) in [5.41, 5.74) is 0. The molecule has 1 fully saturated rings. The number of carboxylic acid groups (broad SMARTS) is 4. The Morgan fingerprint density at radius 1 is 0.425 bits per heavy atom. The van der Waals surface area contributed by atoms with E-state index in [1.165, 1.54) is 0 Å². The lowest BCUT2D eigenvalue weighted by Crippen LogP contribution is -2.39. The molecule has 0 heterocycles. The molecule has 0 atom stereocenters. The summed E-state index contributed by atoms with van der Waals surface area (Å²) in [6.07, 6.45) is -6.40. The summed E-state index contributed by atoms with van der Waals surface area (Å²) in [5, 5.41) is 35.0. The minimum absolute atomic E-state index is 0.170. The number of carboxylic acids is 4. The van der Waals surface area contributed by atoms with Crippen molar-refractivity contribution in [2.24, 2.45) is 11.8 Å². The van der Waals surface area contributed by atoms with E-state index >= 15 is 0 Å². The molecule has 0 saturated heterocycles. The van der Waals surface area contributed by atoms with E-state index in [0.717, 1.165) is 0 Å². The molecule has 40 heavy (non-hydrogen) atoms. The van der Waals surface area contributed by atoms with Crippen LogP contribution in [0.4, 0.5) is 0 Å². The zero-order valence-corrected chi connectivity index (χ0v) is 21.5. The number of hydrogen-bond acceptors (Lipinski definition) is 12. The predicted octanol–water partition coefficient (Wildman–Crippen LogP) is 1.08. The van der Waals surface area contributed by atoms with Gasteiger partial charge in [0.1, 0.15) is 0 Å². The minimum Gasteiger partial charge on any atom is -0.481 e. The first-order valence-electron chi connectivity index (χ1n) is 12.4. The zero-order valence-electron chi connectivity index (χ0n) is 21.5. The van der Waals surface area contributed by atoms with Crippen LogP contribution in [0.3, 0.4) is 0 Å². The van der Waals surface area contributed by atoms with Gasteiger partial charge in [0.05, 0.1) is 51.4 Å². The Bertz CT molecular complexity index is 809. The molecule has 1 saturated carbocycles. The normalized spacial score (nSPS) is 16.6. The van der Waals surface area contributed by atoms with E-state index in [1.807, 2.05) is 0 Å². The fourth-order valence-corrected chi connectivity index (χ4v) is 3.71. The maximum atomic E-state index is 12.1. The molecule has 0 aromatic carbocycles. The van der Waals surface area contributed by atoms with Gasteiger partial charge in [-0.1, -0.05) is 0 Å². The van der Waals surface area contributed by atoms with Gasteiger partial charge in [-0.3, -0.25) is 38.4 Å². The van der Waals surface area contributed by atoms with Crippen LogP contribution in [0.2, 0.25) is 0 Å². The van der Waals surface area contributed by atoms with Crippen molar-refractivity contribution in [3.05, 3.63) is 0 Å². The van der Waals surface area contributed by atoms with Crippen molar-refractivity contribution in [1.82, 2.24) is 0 Å². The van der Waals surface area contributed by atoms with Crippen LogP contribution in [0.1, 0.15) is 77.0 Å². The largest absolute Gasteiger partial charge is 0.481 e. The molecular weight excluding hydrogens is 544 g/mol. The molecule has 16 heteroatoms. The Hall–Kier alpha value is -4.24. The van der Waals surface area contributed by atoms with Crippen molar-refractivity contribution in [3.63, 3.8) is 0 Å². The summed E-state index contributed by atoms with van der Waals surface area (Å²) in [7, 11) is 0. The Morgan fingerprint density at radius 3 is 0.800 bits per heavy atom.